The zero-order valence-electron chi connectivity index (χ0n) is 11.6. The molecule has 2 nitrogen and oxygen atoms in total. The van der Waals surface area contributed by atoms with Gasteiger partial charge in [0.05, 0.1) is 12.2 Å². The van der Waals surface area contributed by atoms with Crippen LogP contribution in [0.1, 0.15) is 58.8 Å². The van der Waals surface area contributed by atoms with Crippen molar-refractivity contribution in [2.24, 2.45) is 11.8 Å². The van der Waals surface area contributed by atoms with E-state index < -0.39 is 0 Å². The SMILES string of the molecule is CCCNCC1(OCC2CC2)CCC(C)CC1. The number of hydrogen-bond donors (Lipinski definition) is 1. The van der Waals surface area contributed by atoms with E-state index in [0.29, 0.717) is 0 Å². The van der Waals surface area contributed by atoms with Crippen molar-refractivity contribution >= 4 is 0 Å². The molecule has 2 saturated carbocycles. The molecule has 0 amide bonds. The summed E-state index contributed by atoms with van der Waals surface area (Å²) in [7, 11) is 0. The van der Waals surface area contributed by atoms with Gasteiger partial charge in [0.15, 0.2) is 0 Å². The lowest BCUT2D eigenvalue weighted by molar-refractivity contribution is -0.0791. The average Bonchev–Trinajstić information content (AvgIpc) is 3.15. The Kier molecular flexibility index (Phi) is 4.87. The molecule has 0 bridgehead atoms. The summed E-state index contributed by atoms with van der Waals surface area (Å²) in [4.78, 5) is 0. The van der Waals surface area contributed by atoms with Crippen LogP contribution in [0.4, 0.5) is 0 Å². The number of rotatable bonds is 7. The van der Waals surface area contributed by atoms with Crippen molar-refractivity contribution in [2.45, 2.75) is 64.4 Å². The Labute approximate surface area is 107 Å². The Bertz CT molecular complexity index is 217. The fraction of sp³-hybridized carbons (Fsp3) is 1.00. The highest BCUT2D eigenvalue weighted by Crippen LogP contribution is 2.37. The Morgan fingerprint density at radius 1 is 1.18 bits per heavy atom. The third kappa shape index (κ3) is 4.26. The monoisotopic (exact) mass is 239 g/mol. The van der Waals surface area contributed by atoms with Gasteiger partial charge in [0, 0.05) is 6.54 Å². The van der Waals surface area contributed by atoms with Crippen molar-refractivity contribution in [2.75, 3.05) is 19.7 Å². The summed E-state index contributed by atoms with van der Waals surface area (Å²) in [5, 5.41) is 3.58. The van der Waals surface area contributed by atoms with Gasteiger partial charge in [-0.2, -0.15) is 0 Å². The van der Waals surface area contributed by atoms with Crippen LogP contribution in [0.2, 0.25) is 0 Å². The van der Waals surface area contributed by atoms with Gasteiger partial charge in [0.2, 0.25) is 0 Å². The second-order valence-corrected chi connectivity index (χ2v) is 6.30. The van der Waals surface area contributed by atoms with Crippen LogP contribution in [0.5, 0.6) is 0 Å². The molecule has 0 unspecified atom stereocenters. The van der Waals surface area contributed by atoms with E-state index in [1.807, 2.05) is 0 Å². The first-order chi connectivity index (χ1) is 8.24. The molecule has 0 aromatic carbocycles. The molecule has 0 aromatic heterocycles. The van der Waals surface area contributed by atoms with Gasteiger partial charge in [-0.1, -0.05) is 13.8 Å². The van der Waals surface area contributed by atoms with Crippen LogP contribution in [0.25, 0.3) is 0 Å². The van der Waals surface area contributed by atoms with Gasteiger partial charge in [-0.15, -0.1) is 0 Å². The predicted molar refractivity (Wildman–Crippen MR) is 72.2 cm³/mol. The van der Waals surface area contributed by atoms with Gasteiger partial charge in [-0.25, -0.2) is 0 Å². The molecule has 100 valence electrons. The van der Waals surface area contributed by atoms with Gasteiger partial charge in [-0.3, -0.25) is 0 Å². The van der Waals surface area contributed by atoms with E-state index in [-0.39, 0.29) is 5.60 Å². The summed E-state index contributed by atoms with van der Waals surface area (Å²) in [6.45, 7) is 7.82. The molecule has 0 spiro atoms. The molecule has 1 N–H and O–H groups in total. The lowest BCUT2D eigenvalue weighted by atomic mass is 9.79. The Morgan fingerprint density at radius 2 is 1.88 bits per heavy atom. The molecule has 0 saturated heterocycles. The van der Waals surface area contributed by atoms with E-state index >= 15 is 0 Å². The standard InChI is InChI=1S/C15H29NO/c1-3-10-16-12-15(17-11-14-4-5-14)8-6-13(2)7-9-15/h13-14,16H,3-12H2,1-2H3. The summed E-state index contributed by atoms with van der Waals surface area (Å²) in [5.74, 6) is 1.79. The Hall–Kier alpha value is -0.0800. The number of ether oxygens (including phenoxy) is 1. The maximum atomic E-state index is 6.33. The fourth-order valence-electron chi connectivity index (χ4n) is 2.73. The van der Waals surface area contributed by atoms with Crippen molar-refractivity contribution < 1.29 is 4.74 Å². The van der Waals surface area contributed by atoms with Gasteiger partial charge < -0.3 is 10.1 Å². The van der Waals surface area contributed by atoms with Gasteiger partial charge in [0.1, 0.15) is 0 Å². The third-order valence-corrected chi connectivity index (χ3v) is 4.38. The summed E-state index contributed by atoms with van der Waals surface area (Å²) >= 11 is 0. The quantitative estimate of drug-likeness (QED) is 0.688. The van der Waals surface area contributed by atoms with E-state index in [9.17, 15) is 0 Å². The van der Waals surface area contributed by atoms with E-state index in [1.54, 1.807) is 0 Å². The molecule has 2 heteroatoms. The molecule has 2 aliphatic carbocycles. The number of hydrogen-bond acceptors (Lipinski definition) is 2. The molecule has 2 rings (SSSR count). The smallest absolute Gasteiger partial charge is 0.0806 e. The first kappa shape index (κ1) is 13.4. The minimum Gasteiger partial charge on any atom is -0.373 e. The molecular formula is C15H29NO. The van der Waals surface area contributed by atoms with E-state index in [1.165, 1.54) is 44.9 Å². The normalized spacial score (nSPS) is 33.9. The highest BCUT2D eigenvalue weighted by molar-refractivity contribution is 4.89. The third-order valence-electron chi connectivity index (χ3n) is 4.38. The van der Waals surface area contributed by atoms with Crippen molar-refractivity contribution in [3.8, 4) is 0 Å². The summed E-state index contributed by atoms with van der Waals surface area (Å²) in [6, 6.07) is 0. The van der Waals surface area contributed by atoms with Gasteiger partial charge in [0.25, 0.3) is 0 Å². The zero-order chi connectivity index (χ0) is 12.1. The first-order valence-corrected chi connectivity index (χ1v) is 7.59. The second-order valence-electron chi connectivity index (χ2n) is 6.30. The highest BCUT2D eigenvalue weighted by atomic mass is 16.5. The number of nitrogens with one attached hydrogen (secondary N) is 1. The molecule has 0 aliphatic heterocycles. The lowest BCUT2D eigenvalue weighted by Crippen LogP contribution is -2.46. The molecule has 2 aliphatic rings. The molecule has 0 radical (unpaired) electrons. The van der Waals surface area contributed by atoms with Crippen LogP contribution < -0.4 is 5.32 Å². The van der Waals surface area contributed by atoms with Crippen LogP contribution in [0, 0.1) is 11.8 Å². The minimum absolute atomic E-state index is 0.171. The van der Waals surface area contributed by atoms with Crippen LogP contribution in [-0.4, -0.2) is 25.3 Å². The average molecular weight is 239 g/mol. The van der Waals surface area contributed by atoms with E-state index in [2.05, 4.69) is 19.2 Å². The summed E-state index contributed by atoms with van der Waals surface area (Å²) < 4.78 is 6.33. The van der Waals surface area contributed by atoms with Gasteiger partial charge in [-0.05, 0) is 63.3 Å². The Balaban J connectivity index is 1.80. The molecule has 2 fully saturated rings. The van der Waals surface area contributed by atoms with Crippen molar-refractivity contribution in [3.63, 3.8) is 0 Å². The Morgan fingerprint density at radius 3 is 2.47 bits per heavy atom. The van der Waals surface area contributed by atoms with Crippen LogP contribution in [0.15, 0.2) is 0 Å². The van der Waals surface area contributed by atoms with Crippen molar-refractivity contribution in [1.29, 1.82) is 0 Å². The second kappa shape index (κ2) is 6.19. The minimum atomic E-state index is 0.171. The summed E-state index contributed by atoms with van der Waals surface area (Å²) in [5.41, 5.74) is 0.171. The maximum Gasteiger partial charge on any atom is 0.0806 e. The topological polar surface area (TPSA) is 21.3 Å². The molecule has 0 aromatic rings. The molecule has 0 atom stereocenters. The van der Waals surface area contributed by atoms with Crippen LogP contribution in [-0.2, 0) is 4.74 Å². The summed E-state index contributed by atoms with van der Waals surface area (Å²) in [6.07, 6.45) is 9.23. The van der Waals surface area contributed by atoms with Gasteiger partial charge >= 0.3 is 0 Å². The largest absolute Gasteiger partial charge is 0.373 e. The van der Waals surface area contributed by atoms with Crippen molar-refractivity contribution in [3.05, 3.63) is 0 Å². The lowest BCUT2D eigenvalue weighted by Gasteiger charge is -2.39. The van der Waals surface area contributed by atoms with Crippen LogP contribution in [0.3, 0.4) is 0 Å². The molecular weight excluding hydrogens is 210 g/mol. The van der Waals surface area contributed by atoms with E-state index in [4.69, 9.17) is 4.74 Å². The zero-order valence-corrected chi connectivity index (χ0v) is 11.6. The van der Waals surface area contributed by atoms with Crippen LogP contribution >= 0.6 is 0 Å². The maximum absolute atomic E-state index is 6.33. The fourth-order valence-corrected chi connectivity index (χ4v) is 2.73. The van der Waals surface area contributed by atoms with E-state index in [0.717, 1.165) is 31.5 Å². The highest BCUT2D eigenvalue weighted by Gasteiger charge is 2.36. The first-order valence-electron chi connectivity index (χ1n) is 7.59. The molecule has 17 heavy (non-hydrogen) atoms. The van der Waals surface area contributed by atoms with Crippen molar-refractivity contribution in [1.82, 2.24) is 5.32 Å². The predicted octanol–water partition coefficient (Wildman–Crippen LogP) is 3.36. The molecule has 0 heterocycles.